The topological polar surface area (TPSA) is 76.8 Å². The van der Waals surface area contributed by atoms with Crippen LogP contribution in [0.15, 0.2) is 41.8 Å². The number of aryl methyl sites for hydroxylation is 1. The van der Waals surface area contributed by atoms with E-state index >= 15 is 0 Å². The number of nitrogens with zero attached hydrogens (tertiary/aromatic N) is 4. The lowest BCUT2D eigenvalue weighted by Gasteiger charge is -2.31. The van der Waals surface area contributed by atoms with Gasteiger partial charge in [-0.15, -0.1) is 0 Å². The van der Waals surface area contributed by atoms with Crippen LogP contribution < -0.4 is 0 Å². The molecule has 7 heteroatoms. The number of fused-ring (bicyclic) bond motifs is 3. The summed E-state index contributed by atoms with van der Waals surface area (Å²) >= 11 is 0. The van der Waals surface area contributed by atoms with Crippen molar-refractivity contribution in [2.75, 3.05) is 19.7 Å². The lowest BCUT2D eigenvalue weighted by Crippen LogP contribution is -2.36. The second-order valence-electron chi connectivity index (χ2n) is 6.49. The first kappa shape index (κ1) is 17.2. The molecule has 2 aliphatic heterocycles. The summed E-state index contributed by atoms with van der Waals surface area (Å²) in [6.45, 7) is 4.82. The Bertz CT molecular complexity index is 987. The third-order valence-electron chi connectivity index (χ3n) is 4.84. The lowest BCUT2D eigenvalue weighted by atomic mass is 9.92. The molecule has 27 heavy (non-hydrogen) atoms. The first-order valence-corrected chi connectivity index (χ1v) is 8.95. The zero-order valence-corrected chi connectivity index (χ0v) is 15.3. The van der Waals surface area contributed by atoms with Gasteiger partial charge in [0.15, 0.2) is 5.69 Å². The second-order valence-corrected chi connectivity index (χ2v) is 6.49. The van der Waals surface area contributed by atoms with Gasteiger partial charge in [0.2, 0.25) is 5.91 Å². The number of hydrogen-bond acceptors (Lipinski definition) is 5. The number of carbonyl (C=O) groups is 2. The van der Waals surface area contributed by atoms with Crippen molar-refractivity contribution in [2.45, 2.75) is 20.3 Å². The highest BCUT2D eigenvalue weighted by molar-refractivity contribution is 6.06. The van der Waals surface area contributed by atoms with Crippen LogP contribution in [0.1, 0.15) is 34.1 Å². The number of rotatable bonds is 2. The van der Waals surface area contributed by atoms with E-state index in [0.29, 0.717) is 12.4 Å². The van der Waals surface area contributed by atoms with Gasteiger partial charge < -0.3 is 9.64 Å². The molecule has 7 nitrogen and oxygen atoms in total. The molecular formula is C20H20N4O3. The molecule has 0 spiro atoms. The molecule has 0 radical (unpaired) electrons. The zero-order chi connectivity index (χ0) is 19.0. The summed E-state index contributed by atoms with van der Waals surface area (Å²) in [7, 11) is 0. The van der Waals surface area contributed by atoms with Crippen LogP contribution in [0, 0.1) is 6.92 Å². The third-order valence-corrected chi connectivity index (χ3v) is 4.84. The Kier molecular flexibility index (Phi) is 4.35. The summed E-state index contributed by atoms with van der Waals surface area (Å²) in [5, 5.41) is 0. The average molecular weight is 364 g/mol. The Labute approximate surface area is 157 Å². The van der Waals surface area contributed by atoms with E-state index in [1.165, 1.54) is 17.5 Å². The van der Waals surface area contributed by atoms with Crippen LogP contribution in [-0.4, -0.2) is 51.9 Å². The predicted molar refractivity (Wildman–Crippen MR) is 100 cm³/mol. The molecule has 0 bridgehead atoms. The van der Waals surface area contributed by atoms with Crippen molar-refractivity contribution in [2.24, 2.45) is 4.99 Å². The average Bonchev–Trinajstić information content (AvgIpc) is 3.09. The van der Waals surface area contributed by atoms with Gasteiger partial charge >= 0.3 is 5.97 Å². The minimum atomic E-state index is -0.477. The van der Waals surface area contributed by atoms with Crippen LogP contribution in [0.5, 0.6) is 0 Å². The van der Waals surface area contributed by atoms with Crippen LogP contribution in [0.3, 0.4) is 0 Å². The van der Waals surface area contributed by atoms with Crippen LogP contribution in [0.25, 0.3) is 5.70 Å². The number of imidazole rings is 1. The summed E-state index contributed by atoms with van der Waals surface area (Å²) in [6.07, 6.45) is 5.81. The molecule has 1 aromatic heterocycles. The SMILES string of the molecule is CCOC(=O)c1cn(C2=NCC(=O)N3CCc4c(C)cccc4C3=C2)cn1. The maximum absolute atomic E-state index is 12.6. The van der Waals surface area contributed by atoms with Gasteiger partial charge in [-0.3, -0.25) is 14.4 Å². The van der Waals surface area contributed by atoms with Crippen molar-refractivity contribution in [3.8, 4) is 0 Å². The number of esters is 1. The predicted octanol–water partition coefficient (Wildman–Crippen LogP) is 2.05. The van der Waals surface area contributed by atoms with Crippen molar-refractivity contribution in [3.05, 3.63) is 59.2 Å². The first-order chi connectivity index (χ1) is 13.1. The van der Waals surface area contributed by atoms with E-state index in [9.17, 15) is 9.59 Å². The quantitative estimate of drug-likeness (QED) is 0.764. The largest absolute Gasteiger partial charge is 0.461 e. The fourth-order valence-corrected chi connectivity index (χ4v) is 3.49. The highest BCUT2D eigenvalue weighted by Gasteiger charge is 2.29. The summed E-state index contributed by atoms with van der Waals surface area (Å²) < 4.78 is 6.64. The van der Waals surface area contributed by atoms with Crippen molar-refractivity contribution in [3.63, 3.8) is 0 Å². The van der Waals surface area contributed by atoms with Gasteiger partial charge in [-0.2, -0.15) is 0 Å². The minimum Gasteiger partial charge on any atom is -0.461 e. The number of benzene rings is 1. The van der Waals surface area contributed by atoms with Crippen molar-refractivity contribution >= 4 is 23.4 Å². The zero-order valence-electron chi connectivity index (χ0n) is 15.3. The molecule has 0 N–H and O–H groups in total. The fraction of sp³-hybridized carbons (Fsp3) is 0.300. The standard InChI is InChI=1S/C20H20N4O3/c1-3-27-20(26)16-11-23(12-22-16)18-9-17-15-6-4-5-13(2)14(15)7-8-24(17)19(25)10-21-18/h4-6,9,11-12H,3,7-8,10H2,1-2H3. The second kappa shape index (κ2) is 6.83. The molecule has 0 aliphatic carbocycles. The molecule has 0 fully saturated rings. The lowest BCUT2D eigenvalue weighted by molar-refractivity contribution is -0.126. The molecule has 3 heterocycles. The smallest absolute Gasteiger partial charge is 0.358 e. The minimum absolute atomic E-state index is 0.0332. The van der Waals surface area contributed by atoms with E-state index in [2.05, 4.69) is 23.0 Å². The third kappa shape index (κ3) is 3.05. The van der Waals surface area contributed by atoms with Gasteiger partial charge in [0, 0.05) is 24.4 Å². The number of aliphatic imine (C=N–C) groups is 1. The Morgan fingerprint density at radius 1 is 1.33 bits per heavy atom. The maximum Gasteiger partial charge on any atom is 0.358 e. The van der Waals surface area contributed by atoms with Gasteiger partial charge in [0.1, 0.15) is 18.7 Å². The number of allylic oxidation sites excluding steroid dienone is 1. The van der Waals surface area contributed by atoms with Crippen molar-refractivity contribution in [1.82, 2.24) is 14.5 Å². The van der Waals surface area contributed by atoms with Crippen LogP contribution in [0.2, 0.25) is 0 Å². The number of amides is 1. The van der Waals surface area contributed by atoms with Crippen LogP contribution in [-0.2, 0) is 16.0 Å². The van der Waals surface area contributed by atoms with E-state index in [0.717, 1.165) is 17.7 Å². The van der Waals surface area contributed by atoms with Crippen LogP contribution >= 0.6 is 0 Å². The molecule has 0 saturated carbocycles. The molecule has 4 rings (SSSR count). The normalized spacial score (nSPS) is 16.1. The van der Waals surface area contributed by atoms with E-state index in [-0.39, 0.29) is 24.8 Å². The van der Waals surface area contributed by atoms with Gasteiger partial charge in [0.25, 0.3) is 0 Å². The Balaban J connectivity index is 1.76. The van der Waals surface area contributed by atoms with E-state index in [1.807, 2.05) is 18.2 Å². The number of aromatic nitrogens is 2. The number of carbonyl (C=O) groups excluding carboxylic acids is 2. The van der Waals surface area contributed by atoms with Crippen molar-refractivity contribution < 1.29 is 14.3 Å². The Hall–Kier alpha value is -3.22. The van der Waals surface area contributed by atoms with Crippen molar-refractivity contribution in [1.29, 1.82) is 0 Å². The molecule has 0 unspecified atom stereocenters. The van der Waals surface area contributed by atoms with E-state index in [1.54, 1.807) is 22.6 Å². The Morgan fingerprint density at radius 2 is 2.19 bits per heavy atom. The monoisotopic (exact) mass is 364 g/mol. The molecule has 2 aromatic rings. The van der Waals surface area contributed by atoms with Gasteiger partial charge in [-0.1, -0.05) is 18.2 Å². The van der Waals surface area contributed by atoms with Gasteiger partial charge in [-0.25, -0.2) is 9.78 Å². The van der Waals surface area contributed by atoms with E-state index in [4.69, 9.17) is 4.74 Å². The van der Waals surface area contributed by atoms with Gasteiger partial charge in [0.05, 0.1) is 12.3 Å². The Morgan fingerprint density at radius 3 is 3.00 bits per heavy atom. The summed E-state index contributed by atoms with van der Waals surface area (Å²) in [5.41, 5.74) is 4.58. The molecule has 0 atom stereocenters. The first-order valence-electron chi connectivity index (χ1n) is 8.95. The maximum atomic E-state index is 12.6. The molecule has 0 saturated heterocycles. The van der Waals surface area contributed by atoms with Crippen LogP contribution in [0.4, 0.5) is 0 Å². The highest BCUT2D eigenvalue weighted by Crippen LogP contribution is 2.32. The summed E-state index contributed by atoms with van der Waals surface area (Å²) in [4.78, 5) is 34.8. The molecule has 1 aromatic carbocycles. The highest BCUT2D eigenvalue weighted by atomic mass is 16.5. The van der Waals surface area contributed by atoms with Gasteiger partial charge in [-0.05, 0) is 31.4 Å². The molecule has 2 aliphatic rings. The van der Waals surface area contributed by atoms with E-state index < -0.39 is 5.97 Å². The molecule has 1 amide bonds. The molecule has 138 valence electrons. The summed E-state index contributed by atoms with van der Waals surface area (Å²) in [6, 6.07) is 6.12. The number of ether oxygens (including phenoxy) is 1. The molecular weight excluding hydrogens is 344 g/mol. The summed E-state index contributed by atoms with van der Waals surface area (Å²) in [5.74, 6) is 0.0573. The number of hydrogen-bond donors (Lipinski definition) is 0. The fourth-order valence-electron chi connectivity index (χ4n) is 3.49.